The average molecular weight is 681 g/mol. The molecule has 0 fully saturated rings. The van der Waals surface area contributed by atoms with Crippen molar-refractivity contribution in [2.45, 2.75) is 0 Å². The number of aromatic nitrogens is 4. The van der Waals surface area contributed by atoms with Crippen molar-refractivity contribution in [1.82, 2.24) is 18.7 Å². The Morgan fingerprint density at radius 3 is 1.23 bits per heavy atom. The summed E-state index contributed by atoms with van der Waals surface area (Å²) in [6.07, 6.45) is 2.03. The number of fused-ring (bicyclic) bond motifs is 12. The molecule has 0 saturated heterocycles. The van der Waals surface area contributed by atoms with Crippen LogP contribution in [0.5, 0.6) is 0 Å². The summed E-state index contributed by atoms with van der Waals surface area (Å²) in [6.45, 7) is 0. The van der Waals surface area contributed by atoms with Crippen LogP contribution in [0.25, 0.3) is 103 Å². The first kappa shape index (κ1) is 28.1. The molecule has 0 radical (unpaired) electrons. The lowest BCUT2D eigenvalue weighted by molar-refractivity contribution is 1.15. The SMILES string of the molecule is c1ccc2c(c1)sc1ncc(-n3c4ccccc4c4cc(-n5c6ccccc6c6cc(-n7c8ccccc8c8ccccc87)ccc65)ccc43)cc12. The molecule has 0 saturated carbocycles. The van der Waals surface area contributed by atoms with Crippen molar-refractivity contribution in [1.29, 1.82) is 0 Å². The second-order valence-corrected chi connectivity index (χ2v) is 14.7. The van der Waals surface area contributed by atoms with Crippen molar-refractivity contribution in [3.63, 3.8) is 0 Å². The van der Waals surface area contributed by atoms with Crippen LogP contribution in [0.1, 0.15) is 0 Å². The fourth-order valence-electron chi connectivity index (χ4n) is 8.68. The third kappa shape index (κ3) is 3.78. The maximum Gasteiger partial charge on any atom is 0.124 e. The van der Waals surface area contributed by atoms with Crippen LogP contribution in [-0.4, -0.2) is 18.7 Å². The molecule has 0 aliphatic rings. The zero-order chi connectivity index (χ0) is 33.9. The number of nitrogens with zero attached hydrogens (tertiary/aromatic N) is 4. The molecule has 52 heavy (non-hydrogen) atoms. The van der Waals surface area contributed by atoms with E-state index < -0.39 is 0 Å². The molecule has 242 valence electrons. The Labute approximate surface area is 301 Å². The van der Waals surface area contributed by atoms with E-state index in [2.05, 4.69) is 177 Å². The van der Waals surface area contributed by atoms with Crippen LogP contribution in [0.15, 0.2) is 170 Å². The molecule has 0 unspecified atom stereocenters. The molecule has 7 aromatic carbocycles. The van der Waals surface area contributed by atoms with Crippen molar-refractivity contribution in [3.05, 3.63) is 170 Å². The highest BCUT2D eigenvalue weighted by atomic mass is 32.1. The zero-order valence-corrected chi connectivity index (χ0v) is 28.7. The van der Waals surface area contributed by atoms with Crippen LogP contribution in [0.4, 0.5) is 0 Å². The minimum Gasteiger partial charge on any atom is -0.309 e. The molecule has 0 amide bonds. The summed E-state index contributed by atoms with van der Waals surface area (Å²) in [5, 5.41) is 9.92. The first-order valence-electron chi connectivity index (χ1n) is 17.6. The van der Waals surface area contributed by atoms with E-state index in [1.165, 1.54) is 80.9 Å². The third-order valence-corrected chi connectivity index (χ3v) is 12.0. The van der Waals surface area contributed by atoms with Gasteiger partial charge in [-0.25, -0.2) is 4.98 Å². The Hall–Kier alpha value is -6.69. The van der Waals surface area contributed by atoms with Gasteiger partial charge in [-0.05, 0) is 72.8 Å². The highest BCUT2D eigenvalue weighted by molar-refractivity contribution is 7.25. The molecule has 12 aromatic rings. The summed E-state index contributed by atoms with van der Waals surface area (Å²) >= 11 is 1.75. The first-order valence-corrected chi connectivity index (χ1v) is 18.4. The fraction of sp³-hybridized carbons (Fsp3) is 0. The van der Waals surface area contributed by atoms with E-state index >= 15 is 0 Å². The second-order valence-electron chi connectivity index (χ2n) is 13.6. The van der Waals surface area contributed by atoms with E-state index in [1.54, 1.807) is 11.3 Å². The summed E-state index contributed by atoms with van der Waals surface area (Å²) in [6, 6.07) is 59.8. The Morgan fingerprint density at radius 1 is 0.327 bits per heavy atom. The molecule has 0 bridgehead atoms. The van der Waals surface area contributed by atoms with Crippen molar-refractivity contribution >= 4 is 97.1 Å². The quantitative estimate of drug-likeness (QED) is 0.182. The lowest BCUT2D eigenvalue weighted by atomic mass is 10.1. The monoisotopic (exact) mass is 680 g/mol. The Morgan fingerprint density at radius 2 is 0.712 bits per heavy atom. The van der Waals surface area contributed by atoms with Gasteiger partial charge < -0.3 is 13.7 Å². The van der Waals surface area contributed by atoms with Crippen LogP contribution in [0, 0.1) is 0 Å². The molecule has 4 nitrogen and oxygen atoms in total. The molecule has 0 atom stereocenters. The molecule has 0 N–H and O–H groups in total. The van der Waals surface area contributed by atoms with Crippen LogP contribution in [0.2, 0.25) is 0 Å². The van der Waals surface area contributed by atoms with Gasteiger partial charge in [0.15, 0.2) is 0 Å². The van der Waals surface area contributed by atoms with Gasteiger partial charge >= 0.3 is 0 Å². The van der Waals surface area contributed by atoms with Crippen molar-refractivity contribution in [2.75, 3.05) is 0 Å². The van der Waals surface area contributed by atoms with Gasteiger partial charge in [0.25, 0.3) is 0 Å². The maximum atomic E-state index is 4.97. The molecule has 5 aromatic heterocycles. The number of rotatable bonds is 3. The molecule has 0 aliphatic carbocycles. The minimum atomic E-state index is 1.07. The summed E-state index contributed by atoms with van der Waals surface area (Å²) in [5.74, 6) is 0. The van der Waals surface area contributed by atoms with Gasteiger partial charge in [-0.3, -0.25) is 0 Å². The molecule has 5 heterocycles. The second kappa shape index (κ2) is 10.4. The summed E-state index contributed by atoms with van der Waals surface area (Å²) in [5.41, 5.74) is 10.5. The normalized spacial score (nSPS) is 12.2. The number of hydrogen-bond acceptors (Lipinski definition) is 2. The Bertz CT molecular complexity index is 3370. The maximum absolute atomic E-state index is 4.97. The van der Waals surface area contributed by atoms with Gasteiger partial charge in [0.05, 0.1) is 45.0 Å². The number of hydrogen-bond donors (Lipinski definition) is 0. The van der Waals surface area contributed by atoms with E-state index in [1.807, 2.05) is 6.20 Å². The highest BCUT2D eigenvalue weighted by Crippen LogP contribution is 2.40. The van der Waals surface area contributed by atoms with E-state index in [4.69, 9.17) is 4.98 Å². The zero-order valence-electron chi connectivity index (χ0n) is 27.9. The lowest BCUT2D eigenvalue weighted by Gasteiger charge is -2.11. The van der Waals surface area contributed by atoms with Crippen molar-refractivity contribution in [2.24, 2.45) is 0 Å². The van der Waals surface area contributed by atoms with Gasteiger partial charge in [-0.2, -0.15) is 0 Å². The van der Waals surface area contributed by atoms with E-state index in [0.29, 0.717) is 0 Å². The predicted octanol–water partition coefficient (Wildman–Crippen LogP) is 12.7. The average Bonchev–Trinajstić information content (AvgIpc) is 3.93. The molecular formula is C47H28N4S. The summed E-state index contributed by atoms with van der Waals surface area (Å²) < 4.78 is 8.47. The van der Waals surface area contributed by atoms with Crippen molar-refractivity contribution in [3.8, 4) is 17.1 Å². The Kier molecular flexibility index (Phi) is 5.62. The van der Waals surface area contributed by atoms with Crippen LogP contribution in [0.3, 0.4) is 0 Å². The van der Waals surface area contributed by atoms with Gasteiger partial charge in [0, 0.05) is 59.2 Å². The van der Waals surface area contributed by atoms with E-state index in [0.717, 1.165) is 21.9 Å². The largest absolute Gasteiger partial charge is 0.309 e. The van der Waals surface area contributed by atoms with E-state index in [9.17, 15) is 0 Å². The van der Waals surface area contributed by atoms with Gasteiger partial charge in [-0.15, -0.1) is 11.3 Å². The fourth-order valence-corrected chi connectivity index (χ4v) is 9.70. The molecule has 5 heteroatoms. The van der Waals surface area contributed by atoms with Crippen LogP contribution >= 0.6 is 11.3 Å². The van der Waals surface area contributed by atoms with Crippen LogP contribution in [-0.2, 0) is 0 Å². The van der Waals surface area contributed by atoms with E-state index in [-0.39, 0.29) is 0 Å². The number of thiophene rings is 1. The third-order valence-electron chi connectivity index (χ3n) is 10.9. The number of para-hydroxylation sites is 4. The minimum absolute atomic E-state index is 1.07. The highest BCUT2D eigenvalue weighted by Gasteiger charge is 2.19. The Balaban J connectivity index is 1.08. The molecule has 0 aliphatic heterocycles. The van der Waals surface area contributed by atoms with Gasteiger partial charge in [0.2, 0.25) is 0 Å². The molecular weight excluding hydrogens is 653 g/mol. The topological polar surface area (TPSA) is 27.7 Å². The van der Waals surface area contributed by atoms with Gasteiger partial charge in [0.1, 0.15) is 4.83 Å². The predicted molar refractivity (Wildman–Crippen MR) is 220 cm³/mol. The van der Waals surface area contributed by atoms with Crippen molar-refractivity contribution < 1.29 is 0 Å². The standard InChI is InChI=1S/C47H28N4S/c1-6-16-40-32(11-1)33-12-2-7-17-41(33)49(40)29-21-23-44-37(25-29)34-13-3-8-18-42(34)50(44)30-22-24-45-38(26-30)35-14-4-9-19-43(35)51(45)31-27-39-36-15-5-10-20-46(36)52-47(39)48-28-31/h1-28H. The molecule has 0 spiro atoms. The first-order chi connectivity index (χ1) is 25.8. The molecule has 12 rings (SSSR count). The van der Waals surface area contributed by atoms with Crippen LogP contribution < -0.4 is 0 Å². The smallest absolute Gasteiger partial charge is 0.124 e. The van der Waals surface area contributed by atoms with Gasteiger partial charge in [-0.1, -0.05) is 91.0 Å². The summed E-state index contributed by atoms with van der Waals surface area (Å²) in [4.78, 5) is 6.04. The number of pyridine rings is 1. The lowest BCUT2D eigenvalue weighted by Crippen LogP contribution is -1.97. The summed E-state index contributed by atoms with van der Waals surface area (Å²) in [7, 11) is 0. The number of benzene rings is 7.